The number of benzene rings is 2. The topological polar surface area (TPSA) is 106 Å². The number of ether oxygens (including phenoxy) is 3. The molecular weight excluding hydrogens is 438 g/mol. The standard InChI is InChI=1S/C25H29N3O6/c1-32-20-8-4-18(5-9-20)27-23(29)16-34-21-10-6-19(7-11-21)28-15-17(13-24(28)30)25(31)26-14-22-3-2-12-33-22/h4-11,17,22H,2-3,12-16H2,1H3,(H,26,31)(H,27,29)/t17-,22-/m1/s1. The van der Waals surface area contributed by atoms with Crippen LogP contribution in [0.2, 0.25) is 0 Å². The summed E-state index contributed by atoms with van der Waals surface area (Å²) in [6.45, 7) is 1.41. The Kier molecular flexibility index (Phi) is 7.64. The van der Waals surface area contributed by atoms with Gasteiger partial charge in [-0.1, -0.05) is 0 Å². The molecule has 2 atom stereocenters. The van der Waals surface area contributed by atoms with Gasteiger partial charge in [-0.25, -0.2) is 0 Å². The van der Waals surface area contributed by atoms with Crippen LogP contribution in [0.5, 0.6) is 11.5 Å². The lowest BCUT2D eigenvalue weighted by atomic mass is 10.1. The van der Waals surface area contributed by atoms with Crippen molar-refractivity contribution in [2.75, 3.05) is 43.6 Å². The second-order valence-electron chi connectivity index (χ2n) is 8.34. The summed E-state index contributed by atoms with van der Waals surface area (Å²) in [7, 11) is 1.58. The second kappa shape index (κ2) is 11.0. The fourth-order valence-corrected chi connectivity index (χ4v) is 4.04. The monoisotopic (exact) mass is 467 g/mol. The normalized spacial score (nSPS) is 19.7. The van der Waals surface area contributed by atoms with Crippen LogP contribution in [0.3, 0.4) is 0 Å². The van der Waals surface area contributed by atoms with Crippen LogP contribution in [0.15, 0.2) is 48.5 Å². The summed E-state index contributed by atoms with van der Waals surface area (Å²) in [5.74, 6) is 0.328. The number of rotatable bonds is 9. The summed E-state index contributed by atoms with van der Waals surface area (Å²) < 4.78 is 16.2. The first-order chi connectivity index (χ1) is 16.5. The lowest BCUT2D eigenvalue weighted by molar-refractivity contribution is -0.126. The van der Waals surface area contributed by atoms with Crippen LogP contribution in [0.4, 0.5) is 11.4 Å². The third-order valence-corrected chi connectivity index (χ3v) is 5.92. The molecule has 3 amide bonds. The van der Waals surface area contributed by atoms with E-state index in [1.165, 1.54) is 0 Å². The molecule has 9 nitrogen and oxygen atoms in total. The molecule has 0 radical (unpaired) electrons. The van der Waals surface area contributed by atoms with Crippen molar-refractivity contribution in [2.45, 2.75) is 25.4 Å². The Labute approximate surface area is 198 Å². The van der Waals surface area contributed by atoms with Gasteiger partial charge in [0.15, 0.2) is 6.61 Å². The Hall–Kier alpha value is -3.59. The first-order valence-electron chi connectivity index (χ1n) is 11.4. The molecule has 0 bridgehead atoms. The van der Waals surface area contributed by atoms with Crippen molar-refractivity contribution in [1.82, 2.24) is 5.32 Å². The van der Waals surface area contributed by atoms with Crippen LogP contribution in [-0.2, 0) is 19.1 Å². The molecule has 2 aromatic carbocycles. The van der Waals surface area contributed by atoms with Crippen molar-refractivity contribution < 1.29 is 28.6 Å². The number of nitrogens with one attached hydrogen (secondary N) is 2. The maximum absolute atomic E-state index is 12.5. The van der Waals surface area contributed by atoms with Crippen molar-refractivity contribution in [3.63, 3.8) is 0 Å². The van der Waals surface area contributed by atoms with Gasteiger partial charge in [0.05, 0.1) is 19.1 Å². The third kappa shape index (κ3) is 6.05. The average Bonchev–Trinajstić information content (AvgIpc) is 3.52. The summed E-state index contributed by atoms with van der Waals surface area (Å²) in [6.07, 6.45) is 2.22. The first kappa shape index (κ1) is 23.6. The van der Waals surface area contributed by atoms with E-state index in [2.05, 4.69) is 10.6 Å². The van der Waals surface area contributed by atoms with Gasteiger partial charge >= 0.3 is 0 Å². The predicted molar refractivity (Wildman–Crippen MR) is 126 cm³/mol. The Morgan fingerprint density at radius 1 is 1.09 bits per heavy atom. The number of hydrogen-bond acceptors (Lipinski definition) is 6. The number of carbonyl (C=O) groups excluding carboxylic acids is 3. The molecule has 9 heteroatoms. The smallest absolute Gasteiger partial charge is 0.262 e. The van der Waals surface area contributed by atoms with Gasteiger partial charge < -0.3 is 29.7 Å². The zero-order valence-electron chi connectivity index (χ0n) is 19.1. The molecule has 2 saturated heterocycles. The molecular formula is C25H29N3O6. The number of nitrogens with zero attached hydrogens (tertiary/aromatic N) is 1. The van der Waals surface area contributed by atoms with Gasteiger partial charge in [-0.2, -0.15) is 0 Å². The SMILES string of the molecule is COc1ccc(NC(=O)COc2ccc(N3C[C@H](C(=O)NC[C@H]4CCCO4)CC3=O)cc2)cc1. The van der Waals surface area contributed by atoms with Gasteiger partial charge in [0, 0.05) is 37.5 Å². The second-order valence-corrected chi connectivity index (χ2v) is 8.34. The maximum Gasteiger partial charge on any atom is 0.262 e. The van der Waals surface area contributed by atoms with Gasteiger partial charge in [-0.3, -0.25) is 14.4 Å². The quantitative estimate of drug-likeness (QED) is 0.587. The van der Waals surface area contributed by atoms with Crippen molar-refractivity contribution in [1.29, 1.82) is 0 Å². The molecule has 180 valence electrons. The fourth-order valence-electron chi connectivity index (χ4n) is 4.04. The third-order valence-electron chi connectivity index (χ3n) is 5.92. The van der Waals surface area contributed by atoms with E-state index in [1.807, 2.05) is 0 Å². The van der Waals surface area contributed by atoms with Crippen LogP contribution < -0.4 is 25.0 Å². The largest absolute Gasteiger partial charge is 0.497 e. The molecule has 0 unspecified atom stereocenters. The minimum atomic E-state index is -0.383. The van der Waals surface area contributed by atoms with Gasteiger partial charge in [0.1, 0.15) is 11.5 Å². The molecule has 2 N–H and O–H groups in total. The fraction of sp³-hybridized carbons (Fsp3) is 0.400. The highest BCUT2D eigenvalue weighted by Crippen LogP contribution is 2.27. The van der Waals surface area contributed by atoms with Crippen molar-refractivity contribution in [2.24, 2.45) is 5.92 Å². The van der Waals surface area contributed by atoms with Gasteiger partial charge in [-0.05, 0) is 61.4 Å². The van der Waals surface area contributed by atoms with Crippen molar-refractivity contribution in [3.05, 3.63) is 48.5 Å². The molecule has 2 fully saturated rings. The highest BCUT2D eigenvalue weighted by Gasteiger charge is 2.35. The molecule has 4 rings (SSSR count). The highest BCUT2D eigenvalue weighted by atomic mass is 16.5. The Morgan fingerprint density at radius 2 is 1.82 bits per heavy atom. The molecule has 0 spiro atoms. The number of anilines is 2. The average molecular weight is 468 g/mol. The van der Waals surface area contributed by atoms with Gasteiger partial charge in [0.25, 0.3) is 5.91 Å². The maximum atomic E-state index is 12.5. The predicted octanol–water partition coefficient (Wildman–Crippen LogP) is 2.36. The molecule has 34 heavy (non-hydrogen) atoms. The van der Waals surface area contributed by atoms with Crippen LogP contribution >= 0.6 is 0 Å². The first-order valence-corrected chi connectivity index (χ1v) is 11.4. The van der Waals surface area contributed by atoms with Crippen LogP contribution in [0.1, 0.15) is 19.3 Å². The number of amides is 3. The Morgan fingerprint density at radius 3 is 2.50 bits per heavy atom. The molecule has 2 aliphatic heterocycles. The van der Waals surface area contributed by atoms with E-state index in [0.717, 1.165) is 19.4 Å². The molecule has 2 aliphatic rings. The summed E-state index contributed by atoms with van der Waals surface area (Å²) in [5, 5.41) is 5.66. The zero-order valence-corrected chi connectivity index (χ0v) is 19.1. The Balaban J connectivity index is 1.24. The minimum absolute atomic E-state index is 0.0722. The molecule has 2 heterocycles. The van der Waals surface area contributed by atoms with Crippen LogP contribution in [-0.4, -0.2) is 57.2 Å². The molecule has 0 aliphatic carbocycles. The summed E-state index contributed by atoms with van der Waals surface area (Å²) in [5.41, 5.74) is 1.33. The molecule has 0 aromatic heterocycles. The van der Waals surface area contributed by atoms with E-state index in [4.69, 9.17) is 14.2 Å². The highest BCUT2D eigenvalue weighted by molar-refractivity contribution is 6.00. The number of hydrogen-bond donors (Lipinski definition) is 2. The summed E-state index contributed by atoms with van der Waals surface area (Å²) in [4.78, 5) is 38.7. The number of carbonyl (C=O) groups is 3. The van der Waals surface area contributed by atoms with E-state index >= 15 is 0 Å². The van der Waals surface area contributed by atoms with E-state index in [9.17, 15) is 14.4 Å². The lowest BCUT2D eigenvalue weighted by Gasteiger charge is -2.18. The number of methoxy groups -OCH3 is 1. The van der Waals surface area contributed by atoms with Crippen LogP contribution in [0, 0.1) is 5.92 Å². The van der Waals surface area contributed by atoms with E-state index in [1.54, 1.807) is 60.5 Å². The van der Waals surface area contributed by atoms with E-state index in [-0.39, 0.29) is 42.8 Å². The van der Waals surface area contributed by atoms with Crippen LogP contribution in [0.25, 0.3) is 0 Å². The van der Waals surface area contributed by atoms with Crippen molar-refractivity contribution in [3.8, 4) is 11.5 Å². The summed E-state index contributed by atoms with van der Waals surface area (Å²) >= 11 is 0. The lowest BCUT2D eigenvalue weighted by Crippen LogP contribution is -2.37. The Bertz CT molecular complexity index is 1000. The molecule has 2 aromatic rings. The van der Waals surface area contributed by atoms with E-state index in [0.29, 0.717) is 36.0 Å². The van der Waals surface area contributed by atoms with E-state index < -0.39 is 0 Å². The van der Waals surface area contributed by atoms with Crippen molar-refractivity contribution >= 4 is 29.1 Å². The van der Waals surface area contributed by atoms with Gasteiger partial charge in [0.2, 0.25) is 11.8 Å². The minimum Gasteiger partial charge on any atom is -0.497 e. The zero-order chi connectivity index (χ0) is 23.9. The summed E-state index contributed by atoms with van der Waals surface area (Å²) in [6, 6.07) is 13.9. The molecule has 0 saturated carbocycles. The van der Waals surface area contributed by atoms with Gasteiger partial charge in [-0.15, -0.1) is 0 Å².